The zero-order valence-electron chi connectivity index (χ0n) is 16.1. The van der Waals surface area contributed by atoms with E-state index in [9.17, 15) is 9.59 Å². The summed E-state index contributed by atoms with van der Waals surface area (Å²) in [5, 5.41) is 2.79. The zero-order chi connectivity index (χ0) is 19.6. The summed E-state index contributed by atoms with van der Waals surface area (Å²) in [7, 11) is 0. The van der Waals surface area contributed by atoms with Gasteiger partial charge in [0, 0.05) is 30.4 Å². The zero-order valence-corrected chi connectivity index (χ0v) is 16.1. The van der Waals surface area contributed by atoms with Gasteiger partial charge in [-0.2, -0.15) is 0 Å². The van der Waals surface area contributed by atoms with Crippen molar-refractivity contribution in [1.82, 2.24) is 4.90 Å². The summed E-state index contributed by atoms with van der Waals surface area (Å²) in [4.78, 5) is 26.3. The number of carbonyl (C=O) groups excluding carboxylic acids is 2. The number of carbonyl (C=O) groups is 2. The SMILES string of the molecule is CCOc1ccc(/C=C/C(=O)Nc2cccc(C(=O)N(CC)CC)c2)cc1. The van der Waals surface area contributed by atoms with Crippen LogP contribution < -0.4 is 10.1 Å². The number of rotatable bonds is 8. The molecule has 0 aliphatic carbocycles. The van der Waals surface area contributed by atoms with Crippen LogP contribution in [0.3, 0.4) is 0 Å². The first-order chi connectivity index (χ1) is 13.1. The van der Waals surface area contributed by atoms with Gasteiger partial charge < -0.3 is 15.0 Å². The van der Waals surface area contributed by atoms with Crippen LogP contribution in [0.25, 0.3) is 6.08 Å². The van der Waals surface area contributed by atoms with Crippen molar-refractivity contribution in [3.05, 3.63) is 65.7 Å². The van der Waals surface area contributed by atoms with E-state index in [1.165, 1.54) is 6.08 Å². The third-order valence-corrected chi connectivity index (χ3v) is 4.05. The van der Waals surface area contributed by atoms with Crippen LogP contribution in [0.2, 0.25) is 0 Å². The van der Waals surface area contributed by atoms with E-state index < -0.39 is 0 Å². The summed E-state index contributed by atoms with van der Waals surface area (Å²) >= 11 is 0. The lowest BCUT2D eigenvalue weighted by Crippen LogP contribution is -2.30. The molecule has 0 aliphatic heterocycles. The Kier molecular flexibility index (Phi) is 7.62. The van der Waals surface area contributed by atoms with Crippen LogP contribution in [-0.2, 0) is 4.79 Å². The van der Waals surface area contributed by atoms with Crippen molar-refractivity contribution in [1.29, 1.82) is 0 Å². The molecule has 27 heavy (non-hydrogen) atoms. The molecule has 0 fully saturated rings. The van der Waals surface area contributed by atoms with Crippen molar-refractivity contribution in [3.8, 4) is 5.75 Å². The molecular formula is C22H26N2O3. The van der Waals surface area contributed by atoms with Gasteiger partial charge in [-0.25, -0.2) is 0 Å². The van der Waals surface area contributed by atoms with Gasteiger partial charge in [0.05, 0.1) is 6.61 Å². The van der Waals surface area contributed by atoms with E-state index >= 15 is 0 Å². The molecule has 0 saturated carbocycles. The Labute approximate surface area is 160 Å². The lowest BCUT2D eigenvalue weighted by atomic mass is 10.1. The summed E-state index contributed by atoms with van der Waals surface area (Å²) in [5.41, 5.74) is 2.06. The maximum atomic E-state index is 12.4. The highest BCUT2D eigenvalue weighted by Gasteiger charge is 2.12. The molecule has 1 N–H and O–H groups in total. The first-order valence-corrected chi connectivity index (χ1v) is 9.18. The molecule has 2 amide bonds. The van der Waals surface area contributed by atoms with Gasteiger partial charge in [0.1, 0.15) is 5.75 Å². The van der Waals surface area contributed by atoms with E-state index in [0.717, 1.165) is 11.3 Å². The maximum absolute atomic E-state index is 12.4. The van der Waals surface area contributed by atoms with E-state index in [1.54, 1.807) is 35.2 Å². The average molecular weight is 366 g/mol. The highest BCUT2D eigenvalue weighted by Crippen LogP contribution is 2.15. The van der Waals surface area contributed by atoms with E-state index in [0.29, 0.717) is 30.9 Å². The van der Waals surface area contributed by atoms with Gasteiger partial charge in [0.25, 0.3) is 5.91 Å². The second-order valence-corrected chi connectivity index (χ2v) is 5.88. The third kappa shape index (κ3) is 5.99. The lowest BCUT2D eigenvalue weighted by Gasteiger charge is -2.18. The predicted octanol–water partition coefficient (Wildman–Crippen LogP) is 4.22. The minimum Gasteiger partial charge on any atom is -0.494 e. The van der Waals surface area contributed by atoms with E-state index in [2.05, 4.69) is 5.32 Å². The summed E-state index contributed by atoms with van der Waals surface area (Å²) in [5.74, 6) is 0.506. The van der Waals surface area contributed by atoms with Crippen LogP contribution in [0.5, 0.6) is 5.75 Å². The van der Waals surface area contributed by atoms with Gasteiger partial charge in [0.15, 0.2) is 0 Å². The van der Waals surface area contributed by atoms with Crippen molar-refractivity contribution < 1.29 is 14.3 Å². The number of anilines is 1. The molecule has 0 saturated heterocycles. The average Bonchev–Trinajstić information content (AvgIpc) is 2.69. The Morgan fingerprint density at radius 3 is 2.37 bits per heavy atom. The summed E-state index contributed by atoms with van der Waals surface area (Å²) in [6.45, 7) is 7.74. The Morgan fingerprint density at radius 2 is 1.74 bits per heavy atom. The molecular weight excluding hydrogens is 340 g/mol. The van der Waals surface area contributed by atoms with E-state index in [4.69, 9.17) is 4.74 Å². The number of benzene rings is 2. The number of ether oxygens (including phenoxy) is 1. The molecule has 0 unspecified atom stereocenters. The highest BCUT2D eigenvalue weighted by molar-refractivity contribution is 6.03. The van der Waals surface area contributed by atoms with Crippen LogP contribution in [0.15, 0.2) is 54.6 Å². The van der Waals surface area contributed by atoms with E-state index in [1.807, 2.05) is 45.0 Å². The Bertz CT molecular complexity index is 793. The first kappa shape index (κ1) is 20.2. The molecule has 5 nitrogen and oxygen atoms in total. The number of hydrogen-bond donors (Lipinski definition) is 1. The van der Waals surface area contributed by atoms with Crippen molar-refractivity contribution >= 4 is 23.6 Å². The molecule has 2 aromatic rings. The molecule has 0 spiro atoms. The normalized spacial score (nSPS) is 10.6. The molecule has 0 heterocycles. The molecule has 0 aliphatic rings. The standard InChI is InChI=1S/C22H26N2O3/c1-4-24(5-2)22(26)18-8-7-9-19(16-18)23-21(25)15-12-17-10-13-20(14-11-17)27-6-3/h7-16H,4-6H2,1-3H3,(H,23,25)/b15-12+. The number of nitrogens with one attached hydrogen (secondary N) is 1. The van der Waals surface area contributed by atoms with Gasteiger partial charge in [-0.05, 0) is 62.7 Å². The largest absolute Gasteiger partial charge is 0.494 e. The maximum Gasteiger partial charge on any atom is 0.253 e. The fraction of sp³-hybridized carbons (Fsp3) is 0.273. The van der Waals surface area contributed by atoms with Crippen molar-refractivity contribution in [2.75, 3.05) is 25.0 Å². The highest BCUT2D eigenvalue weighted by atomic mass is 16.5. The second-order valence-electron chi connectivity index (χ2n) is 5.88. The molecule has 2 rings (SSSR count). The Morgan fingerprint density at radius 1 is 1.04 bits per heavy atom. The van der Waals surface area contributed by atoms with Gasteiger partial charge in [-0.15, -0.1) is 0 Å². The number of nitrogens with zero attached hydrogens (tertiary/aromatic N) is 1. The van der Waals surface area contributed by atoms with Crippen molar-refractivity contribution in [2.24, 2.45) is 0 Å². The Balaban J connectivity index is 2.01. The molecule has 0 radical (unpaired) electrons. The molecule has 0 bridgehead atoms. The van der Waals surface area contributed by atoms with Crippen LogP contribution in [0, 0.1) is 0 Å². The van der Waals surface area contributed by atoms with Gasteiger partial charge in [0.2, 0.25) is 5.91 Å². The van der Waals surface area contributed by atoms with Gasteiger partial charge in [-0.3, -0.25) is 9.59 Å². The number of hydrogen-bond acceptors (Lipinski definition) is 3. The summed E-state index contributed by atoms with van der Waals surface area (Å²) < 4.78 is 5.39. The third-order valence-electron chi connectivity index (χ3n) is 4.05. The predicted molar refractivity (Wildman–Crippen MR) is 109 cm³/mol. The van der Waals surface area contributed by atoms with Gasteiger partial charge in [-0.1, -0.05) is 18.2 Å². The molecule has 5 heteroatoms. The van der Waals surface area contributed by atoms with Crippen LogP contribution >= 0.6 is 0 Å². The van der Waals surface area contributed by atoms with Crippen molar-refractivity contribution in [2.45, 2.75) is 20.8 Å². The monoisotopic (exact) mass is 366 g/mol. The number of amides is 2. The quantitative estimate of drug-likeness (QED) is 0.712. The van der Waals surface area contributed by atoms with Crippen LogP contribution in [0.1, 0.15) is 36.7 Å². The fourth-order valence-electron chi connectivity index (χ4n) is 2.62. The molecule has 2 aromatic carbocycles. The molecule has 0 aromatic heterocycles. The topological polar surface area (TPSA) is 58.6 Å². The van der Waals surface area contributed by atoms with Crippen LogP contribution in [-0.4, -0.2) is 36.4 Å². The lowest BCUT2D eigenvalue weighted by molar-refractivity contribution is -0.111. The minimum absolute atomic E-state index is 0.0407. The van der Waals surface area contributed by atoms with E-state index in [-0.39, 0.29) is 11.8 Å². The van der Waals surface area contributed by atoms with Gasteiger partial charge >= 0.3 is 0 Å². The molecule has 0 atom stereocenters. The first-order valence-electron chi connectivity index (χ1n) is 9.18. The van der Waals surface area contributed by atoms with Crippen molar-refractivity contribution in [3.63, 3.8) is 0 Å². The summed E-state index contributed by atoms with van der Waals surface area (Å²) in [6.07, 6.45) is 3.20. The smallest absolute Gasteiger partial charge is 0.253 e. The Hall–Kier alpha value is -3.08. The second kappa shape index (κ2) is 10.2. The summed E-state index contributed by atoms with van der Waals surface area (Å²) in [6, 6.07) is 14.5. The molecule has 142 valence electrons. The fourth-order valence-corrected chi connectivity index (χ4v) is 2.62. The van der Waals surface area contributed by atoms with Crippen LogP contribution in [0.4, 0.5) is 5.69 Å². The minimum atomic E-state index is -0.253.